The fourth-order valence-electron chi connectivity index (χ4n) is 15.2. The molecule has 0 unspecified atom stereocenters. The summed E-state index contributed by atoms with van der Waals surface area (Å²) in [7, 11) is 0. The Labute approximate surface area is 782 Å². The van der Waals surface area contributed by atoms with Gasteiger partial charge in [0.2, 0.25) is 0 Å². The molecule has 22 nitrogen and oxygen atoms in total. The normalized spacial score (nSPS) is 11.4. The smallest absolute Gasteiger partial charge is 0.338 e. The number of carbonyl (C=O) groups excluding carboxylic acids is 4. The van der Waals surface area contributed by atoms with Crippen LogP contribution in [0.5, 0.6) is 34.5 Å². The summed E-state index contributed by atoms with van der Waals surface area (Å²) in [6, 6.07) is 79.3. The Morgan fingerprint density at radius 3 is 0.978 bits per heavy atom. The number of aromatic nitrogens is 6. The molecule has 13 aromatic carbocycles. The Morgan fingerprint density at radius 1 is 0.338 bits per heavy atom. The Bertz CT molecular complexity index is 5930. The van der Waals surface area contributed by atoms with E-state index < -0.39 is 122 Å². The molecule has 15 rings (SSSR count). The highest BCUT2D eigenvalue weighted by molar-refractivity contribution is 6.16. The number of rotatable bonds is 46. The van der Waals surface area contributed by atoms with Crippen molar-refractivity contribution in [2.24, 2.45) is 10.8 Å². The highest BCUT2D eigenvalue weighted by atomic mass is 19.1. The molecule has 0 atom stereocenters. The number of unbranched alkanes of at least 4 members (excludes halogenated alkanes) is 4. The molecule has 0 saturated heterocycles. The van der Waals surface area contributed by atoms with Gasteiger partial charge < -0.3 is 57.2 Å². The van der Waals surface area contributed by atoms with E-state index in [4.69, 9.17) is 67.8 Å². The Hall–Kier alpha value is -15.5. The Morgan fingerprint density at radius 2 is 0.647 bits per heavy atom. The number of halogens is 6. The van der Waals surface area contributed by atoms with Crippen molar-refractivity contribution >= 4 is 80.1 Å². The molecule has 698 valence electrons. The van der Waals surface area contributed by atoms with Gasteiger partial charge in [0.15, 0.2) is 52.8 Å². The predicted molar refractivity (Wildman–Crippen MR) is 504 cm³/mol. The van der Waals surface area contributed by atoms with Gasteiger partial charge in [-0.05, 0) is 207 Å². The first-order valence-corrected chi connectivity index (χ1v) is 45.1. The van der Waals surface area contributed by atoms with Gasteiger partial charge in [0.1, 0.15) is 79.2 Å². The topological polar surface area (TPSA) is 229 Å². The van der Waals surface area contributed by atoms with Crippen molar-refractivity contribution in [3.63, 3.8) is 0 Å². The summed E-state index contributed by atoms with van der Waals surface area (Å²) in [5.41, 5.74) is 3.19. The van der Waals surface area contributed by atoms with E-state index in [1.54, 1.807) is 0 Å². The fraction of sp³-hybridized carbons (Fsp3) is 0.241. The van der Waals surface area contributed by atoms with Crippen LogP contribution in [-0.2, 0) is 32.0 Å². The fourth-order valence-corrected chi connectivity index (χ4v) is 15.2. The lowest BCUT2D eigenvalue weighted by atomic mass is 9.91. The van der Waals surface area contributed by atoms with Crippen LogP contribution >= 0.6 is 0 Å². The van der Waals surface area contributed by atoms with Gasteiger partial charge in [0.05, 0.1) is 60.6 Å². The van der Waals surface area contributed by atoms with Crippen LogP contribution in [0.4, 0.5) is 60.5 Å². The number of benzene rings is 13. The maximum atomic E-state index is 16.9. The molecule has 2 heterocycles. The molecule has 2 aromatic heterocycles. The molecular formula is C108H100F6N8O14. The third-order valence-electron chi connectivity index (χ3n) is 22.5. The van der Waals surface area contributed by atoms with Crippen molar-refractivity contribution in [2.45, 2.75) is 92.2 Å². The van der Waals surface area contributed by atoms with E-state index in [9.17, 15) is 19.2 Å². The summed E-state index contributed by atoms with van der Waals surface area (Å²) in [5, 5.41) is 22.0. The van der Waals surface area contributed by atoms with E-state index in [1.807, 2.05) is 198 Å². The highest BCUT2D eigenvalue weighted by Crippen LogP contribution is 2.45. The van der Waals surface area contributed by atoms with Crippen LogP contribution in [0.1, 0.15) is 120 Å². The third-order valence-corrected chi connectivity index (χ3v) is 22.5. The van der Waals surface area contributed by atoms with Gasteiger partial charge >= 0.3 is 23.9 Å². The predicted octanol–water partition coefficient (Wildman–Crippen LogP) is 23.6. The second kappa shape index (κ2) is 45.3. The van der Waals surface area contributed by atoms with E-state index >= 15 is 26.3 Å². The third kappa shape index (κ3) is 23.8. The molecule has 0 bridgehead atoms. The summed E-state index contributed by atoms with van der Waals surface area (Å²) < 4.78 is 160. The van der Waals surface area contributed by atoms with E-state index in [0.717, 1.165) is 96.2 Å². The second-order valence-corrected chi connectivity index (χ2v) is 32.9. The van der Waals surface area contributed by atoms with Crippen LogP contribution in [0, 0.1) is 45.7 Å². The van der Waals surface area contributed by atoms with Crippen molar-refractivity contribution in [1.82, 2.24) is 25.2 Å². The minimum absolute atomic E-state index is 0.0295. The average Bonchev–Trinajstić information content (AvgIpc) is 1.57. The number of esters is 4. The molecular weight excluding hydrogens is 1750 g/mol. The molecule has 0 fully saturated rings. The first-order chi connectivity index (χ1) is 66.3. The van der Waals surface area contributed by atoms with Gasteiger partial charge in [-0.3, -0.25) is 0 Å². The summed E-state index contributed by atoms with van der Waals surface area (Å²) in [6.07, 6.45) is 5.21. The summed E-state index contributed by atoms with van der Waals surface area (Å²) >= 11 is 0. The molecule has 15 aromatic rings. The van der Waals surface area contributed by atoms with Gasteiger partial charge in [-0.15, -0.1) is 0 Å². The van der Waals surface area contributed by atoms with Gasteiger partial charge in [0.25, 0.3) is 0 Å². The summed E-state index contributed by atoms with van der Waals surface area (Å²) in [6.45, 7) is 3.97. The van der Waals surface area contributed by atoms with Crippen molar-refractivity contribution in [1.29, 1.82) is 0 Å². The van der Waals surface area contributed by atoms with Crippen LogP contribution < -0.4 is 48.1 Å². The van der Waals surface area contributed by atoms with Crippen molar-refractivity contribution < 1.29 is 97.7 Å². The number of ether oxygens (including phenoxy) is 10. The molecule has 0 aliphatic rings. The number of hydrogen-bond acceptors (Lipinski definition) is 19. The van der Waals surface area contributed by atoms with E-state index in [0.29, 0.717) is 47.9 Å². The zero-order valence-corrected chi connectivity index (χ0v) is 75.4. The van der Waals surface area contributed by atoms with Gasteiger partial charge in [-0.1, -0.05) is 163 Å². The van der Waals surface area contributed by atoms with Crippen LogP contribution in [0.3, 0.4) is 0 Å². The van der Waals surface area contributed by atoms with E-state index in [1.165, 1.54) is 94.5 Å². The quantitative estimate of drug-likeness (QED) is 0.0113. The molecule has 0 aliphatic carbocycles. The monoisotopic (exact) mass is 1850 g/mol. The molecule has 136 heavy (non-hydrogen) atoms. The largest absolute Gasteiger partial charge is 0.493 e. The van der Waals surface area contributed by atoms with Crippen molar-refractivity contribution in [3.05, 3.63) is 348 Å². The number of fused-ring (bicyclic) bond motifs is 2. The highest BCUT2D eigenvalue weighted by Gasteiger charge is 2.42. The van der Waals surface area contributed by atoms with Crippen LogP contribution in [0.15, 0.2) is 291 Å². The maximum absolute atomic E-state index is 16.9. The summed E-state index contributed by atoms with van der Waals surface area (Å²) in [4.78, 5) is 60.2. The van der Waals surface area contributed by atoms with Gasteiger partial charge in [0, 0.05) is 68.4 Å². The van der Waals surface area contributed by atoms with Crippen LogP contribution in [-0.4, -0.2) is 110 Å². The molecule has 0 N–H and O–H groups in total. The molecule has 0 saturated carbocycles. The molecule has 0 spiro atoms. The van der Waals surface area contributed by atoms with Crippen LogP contribution in [0.2, 0.25) is 0 Å². The van der Waals surface area contributed by atoms with Gasteiger partial charge in [-0.25, -0.2) is 45.5 Å². The van der Waals surface area contributed by atoms with E-state index in [2.05, 4.69) is 9.80 Å². The average molecular weight is 1850 g/mol. The molecule has 28 heteroatoms. The summed E-state index contributed by atoms with van der Waals surface area (Å²) in [5.74, 6) is -9.57. The lowest BCUT2D eigenvalue weighted by molar-refractivity contribution is -0.814. The van der Waals surface area contributed by atoms with Gasteiger partial charge in [-0.2, -0.15) is 30.0 Å². The van der Waals surface area contributed by atoms with E-state index in [-0.39, 0.29) is 105 Å². The first-order valence-electron chi connectivity index (χ1n) is 45.1. The minimum atomic E-state index is -1.75. The molecule has 0 radical (unpaired) electrons. The Balaban J connectivity index is 0.959. The van der Waals surface area contributed by atoms with Crippen molar-refractivity contribution in [3.8, 4) is 56.8 Å². The number of carbonyl (C=O) groups is 4. The first kappa shape index (κ1) is 95.1. The minimum Gasteiger partial charge on any atom is -0.493 e. The Kier molecular flexibility index (Phi) is 31.7. The van der Waals surface area contributed by atoms with Crippen molar-refractivity contribution in [2.75, 3.05) is 75.9 Å². The number of nitrogens with zero attached hydrogens (tertiary/aromatic N) is 8. The lowest BCUT2D eigenvalue weighted by Gasteiger charge is -2.33. The standard InChI is InChI=1S/C108H100F6N8O14/c1-5-9-55-127-103(123)75-43-51-93(89(111)59-75)133-69-107(67-131-87-37-25-27-79(109)63-87,70-134-94-52-44-76(60-90(94)112)104(124)128-56-10-6-2)65-119-115-99-97(73-39-47-85(48-40-73)121(81-29-17-13-18-30-81)82-31-19-14-20-32-82)101-102(98(100(99)116-119)74-41-49-86(50-42-74)122(83-33-21-15-22-34-83)84-35-23-16-24-36-84)118-120(117-101)66-108(68-132-88-38-26-28-80(110)64-88,71-135-95-53-45-77(61-91(95)113)105(125)129-57-11-7-3)72-136-96-54-46-78(62-92(96)114)106(126)130-58-12-8-4/h13-54,59-64H,5-12,55-58,65-72H2,1-4H3. The number of hydrogen-bond donors (Lipinski definition) is 0. The zero-order valence-electron chi connectivity index (χ0n) is 75.4. The van der Waals surface area contributed by atoms with Crippen LogP contribution in [0.25, 0.3) is 44.3 Å². The molecule has 0 amide bonds. The SMILES string of the molecule is CCCCOC(=O)c1ccc(OCC(COc2cccc(F)c2)(COc2ccc(C(=O)OCCCC)cc2F)Cn2nc3c(-c4ccc(N(c5ccccc5)c5ccccc5)cc4)c4n[n+](CC(COc5cccc(F)c5)(COc5ccc(C(=O)OCCCC)cc5F)COc5ccc(C(=O)OCCCC)cc5F)[n-]c4c(-c4ccc(N(c5ccccc5)c5ccccc5)cc4)c3n2)c(F)c1. The number of anilines is 6. The maximum Gasteiger partial charge on any atom is 0.338 e. The molecule has 0 aliphatic heterocycles. The number of para-hydroxylation sites is 4. The zero-order chi connectivity index (χ0) is 94.9. The second-order valence-electron chi connectivity index (χ2n) is 32.9. The lowest BCUT2D eigenvalue weighted by Crippen LogP contribution is -2.55.